The number of hydrogen-bond acceptors (Lipinski definition) is 2. The Bertz CT molecular complexity index is 363. The maximum absolute atomic E-state index is 13.0. The minimum Gasteiger partial charge on any atom is -0.447 e. The molecule has 1 fully saturated rings. The van der Waals surface area contributed by atoms with Crippen molar-refractivity contribution in [2.45, 2.75) is 6.04 Å². The van der Waals surface area contributed by atoms with Gasteiger partial charge in [0.25, 0.3) is 0 Å². The van der Waals surface area contributed by atoms with E-state index >= 15 is 0 Å². The number of nitrogens with one attached hydrogen (secondary N) is 1. The summed E-state index contributed by atoms with van der Waals surface area (Å²) in [5, 5.41) is 2.58. The topological polar surface area (TPSA) is 38.3 Å². The highest BCUT2D eigenvalue weighted by molar-refractivity contribution is 9.10. The molecular formula is C9H7BrFNO2. The van der Waals surface area contributed by atoms with Gasteiger partial charge in [-0.3, -0.25) is 0 Å². The number of carbonyl (C=O) groups is 1. The SMILES string of the molecule is O=C1N[C@@H](c2cc(F)cc(Br)c2)CO1. The summed E-state index contributed by atoms with van der Waals surface area (Å²) < 4.78 is 18.4. The lowest BCUT2D eigenvalue weighted by Gasteiger charge is -2.07. The number of halogens is 2. The van der Waals surface area contributed by atoms with E-state index in [2.05, 4.69) is 21.2 Å². The summed E-state index contributed by atoms with van der Waals surface area (Å²) in [6, 6.07) is 4.24. The van der Waals surface area contributed by atoms with Crippen LogP contribution in [0.15, 0.2) is 22.7 Å². The Morgan fingerprint density at radius 3 is 2.86 bits per heavy atom. The summed E-state index contributed by atoms with van der Waals surface area (Å²) in [4.78, 5) is 10.8. The van der Waals surface area contributed by atoms with Gasteiger partial charge < -0.3 is 10.1 Å². The quantitative estimate of drug-likeness (QED) is 0.841. The van der Waals surface area contributed by atoms with E-state index < -0.39 is 6.09 Å². The van der Waals surface area contributed by atoms with Crippen LogP contribution in [0.3, 0.4) is 0 Å². The molecule has 1 aromatic rings. The van der Waals surface area contributed by atoms with E-state index in [0.717, 1.165) is 0 Å². The lowest BCUT2D eigenvalue weighted by atomic mass is 10.1. The smallest absolute Gasteiger partial charge is 0.407 e. The minimum absolute atomic E-state index is 0.245. The van der Waals surface area contributed by atoms with Gasteiger partial charge in [-0.1, -0.05) is 15.9 Å². The minimum atomic E-state index is -0.463. The molecule has 5 heteroatoms. The van der Waals surface area contributed by atoms with Crippen molar-refractivity contribution in [2.24, 2.45) is 0 Å². The Kier molecular flexibility index (Phi) is 2.41. The van der Waals surface area contributed by atoms with Crippen LogP contribution >= 0.6 is 15.9 Å². The molecule has 2 rings (SSSR count). The second-order valence-corrected chi connectivity index (χ2v) is 3.91. The predicted molar refractivity (Wildman–Crippen MR) is 51.3 cm³/mol. The van der Waals surface area contributed by atoms with Gasteiger partial charge in [0.2, 0.25) is 0 Å². The molecule has 0 saturated carbocycles. The number of alkyl carbamates (subject to hydrolysis) is 1. The van der Waals surface area contributed by atoms with Crippen LogP contribution in [0, 0.1) is 5.82 Å². The second-order valence-electron chi connectivity index (χ2n) is 3.00. The van der Waals surface area contributed by atoms with Crippen LogP contribution in [0.25, 0.3) is 0 Å². The molecule has 1 aliphatic rings. The lowest BCUT2D eigenvalue weighted by molar-refractivity contribution is 0.177. The second kappa shape index (κ2) is 3.57. The highest BCUT2D eigenvalue weighted by atomic mass is 79.9. The summed E-state index contributed by atoms with van der Waals surface area (Å²) in [5.74, 6) is -0.337. The fraction of sp³-hybridized carbons (Fsp3) is 0.222. The van der Waals surface area contributed by atoms with Crippen molar-refractivity contribution in [2.75, 3.05) is 6.61 Å². The number of cyclic esters (lactones) is 1. The fourth-order valence-corrected chi connectivity index (χ4v) is 1.82. The van der Waals surface area contributed by atoms with E-state index in [0.29, 0.717) is 10.0 Å². The summed E-state index contributed by atoms with van der Waals surface area (Å²) in [6.45, 7) is 0.245. The zero-order chi connectivity index (χ0) is 10.1. The van der Waals surface area contributed by atoms with Gasteiger partial charge >= 0.3 is 6.09 Å². The molecule has 1 N–H and O–H groups in total. The van der Waals surface area contributed by atoms with Gasteiger partial charge in [-0.15, -0.1) is 0 Å². The van der Waals surface area contributed by atoms with Gasteiger partial charge in [-0.05, 0) is 23.8 Å². The number of hydrogen-bond donors (Lipinski definition) is 1. The Labute approximate surface area is 88.4 Å². The third-order valence-corrected chi connectivity index (χ3v) is 2.42. The van der Waals surface area contributed by atoms with E-state index in [1.54, 1.807) is 6.07 Å². The molecule has 1 aliphatic heterocycles. The van der Waals surface area contributed by atoms with Crippen LogP contribution < -0.4 is 5.32 Å². The third-order valence-electron chi connectivity index (χ3n) is 1.96. The highest BCUT2D eigenvalue weighted by Gasteiger charge is 2.24. The van der Waals surface area contributed by atoms with Crippen molar-refractivity contribution >= 4 is 22.0 Å². The van der Waals surface area contributed by atoms with Crippen molar-refractivity contribution in [3.8, 4) is 0 Å². The molecule has 3 nitrogen and oxygen atoms in total. The molecule has 1 heterocycles. The first-order valence-corrected chi connectivity index (χ1v) is 4.84. The fourth-order valence-electron chi connectivity index (χ4n) is 1.34. The van der Waals surface area contributed by atoms with Crippen LogP contribution in [0.5, 0.6) is 0 Å². The van der Waals surface area contributed by atoms with E-state index in [1.807, 2.05) is 0 Å². The monoisotopic (exact) mass is 259 g/mol. The summed E-state index contributed by atoms with van der Waals surface area (Å²) in [5.41, 5.74) is 0.697. The maximum atomic E-state index is 13.0. The van der Waals surface area contributed by atoms with Crippen molar-refractivity contribution < 1.29 is 13.9 Å². The van der Waals surface area contributed by atoms with Crippen LogP contribution in [0.1, 0.15) is 11.6 Å². The van der Waals surface area contributed by atoms with Gasteiger partial charge in [0.1, 0.15) is 12.4 Å². The predicted octanol–water partition coefficient (Wildman–Crippen LogP) is 2.37. The number of benzene rings is 1. The molecule has 0 spiro atoms. The first-order chi connectivity index (χ1) is 6.65. The first kappa shape index (κ1) is 9.45. The van der Waals surface area contributed by atoms with Gasteiger partial charge in [0.15, 0.2) is 0 Å². The summed E-state index contributed by atoms with van der Waals surface area (Å²) in [7, 11) is 0. The van der Waals surface area contributed by atoms with Crippen LogP contribution in [-0.2, 0) is 4.74 Å². The average molecular weight is 260 g/mol. The van der Waals surface area contributed by atoms with E-state index in [9.17, 15) is 9.18 Å². The zero-order valence-electron chi connectivity index (χ0n) is 7.09. The number of rotatable bonds is 1. The standard InChI is InChI=1S/C9H7BrFNO2/c10-6-1-5(2-7(11)3-6)8-4-14-9(13)12-8/h1-3,8H,4H2,(H,12,13)/t8-/m1/s1. The average Bonchev–Trinajstić information content (AvgIpc) is 2.50. The number of amides is 1. The lowest BCUT2D eigenvalue weighted by Crippen LogP contribution is -2.18. The van der Waals surface area contributed by atoms with Crippen molar-refractivity contribution in [1.29, 1.82) is 0 Å². The Morgan fingerprint density at radius 2 is 2.29 bits per heavy atom. The normalized spacial score (nSPS) is 20.4. The molecule has 0 aromatic heterocycles. The van der Waals surface area contributed by atoms with Crippen LogP contribution in [0.2, 0.25) is 0 Å². The molecule has 14 heavy (non-hydrogen) atoms. The van der Waals surface area contributed by atoms with Crippen LogP contribution in [0.4, 0.5) is 9.18 Å². The third kappa shape index (κ3) is 1.87. The van der Waals surface area contributed by atoms with E-state index in [-0.39, 0.29) is 18.5 Å². The van der Waals surface area contributed by atoms with Crippen molar-refractivity contribution in [1.82, 2.24) is 5.32 Å². The molecule has 0 bridgehead atoms. The molecule has 0 aliphatic carbocycles. The van der Waals surface area contributed by atoms with Gasteiger partial charge in [0.05, 0.1) is 6.04 Å². The van der Waals surface area contributed by atoms with Crippen molar-refractivity contribution in [3.05, 3.63) is 34.1 Å². The molecular weight excluding hydrogens is 253 g/mol. The summed E-state index contributed by atoms with van der Waals surface area (Å²) in [6.07, 6.45) is -0.463. The Balaban J connectivity index is 2.27. The van der Waals surface area contributed by atoms with E-state index in [4.69, 9.17) is 4.74 Å². The van der Waals surface area contributed by atoms with Gasteiger partial charge in [-0.25, -0.2) is 9.18 Å². The van der Waals surface area contributed by atoms with E-state index in [1.165, 1.54) is 12.1 Å². The molecule has 1 amide bonds. The molecule has 1 atom stereocenters. The van der Waals surface area contributed by atoms with Crippen molar-refractivity contribution in [3.63, 3.8) is 0 Å². The number of ether oxygens (including phenoxy) is 1. The largest absolute Gasteiger partial charge is 0.447 e. The maximum Gasteiger partial charge on any atom is 0.407 e. The molecule has 74 valence electrons. The molecule has 1 aromatic carbocycles. The first-order valence-electron chi connectivity index (χ1n) is 4.04. The van der Waals surface area contributed by atoms with Gasteiger partial charge in [-0.2, -0.15) is 0 Å². The number of carbonyl (C=O) groups excluding carboxylic acids is 1. The molecule has 0 radical (unpaired) electrons. The Morgan fingerprint density at radius 1 is 1.50 bits per heavy atom. The molecule has 1 saturated heterocycles. The molecule has 0 unspecified atom stereocenters. The Hall–Kier alpha value is -1.10. The van der Waals surface area contributed by atoms with Crippen LogP contribution in [-0.4, -0.2) is 12.7 Å². The highest BCUT2D eigenvalue weighted by Crippen LogP contribution is 2.23. The summed E-state index contributed by atoms with van der Waals surface area (Å²) >= 11 is 3.18. The zero-order valence-corrected chi connectivity index (χ0v) is 8.67. The van der Waals surface area contributed by atoms with Gasteiger partial charge in [0, 0.05) is 4.47 Å².